The molecule has 0 spiro atoms. The van der Waals surface area contributed by atoms with Crippen LogP contribution < -0.4 is 10.2 Å². The third-order valence-corrected chi connectivity index (χ3v) is 4.91. The van der Waals surface area contributed by atoms with Crippen molar-refractivity contribution in [2.24, 2.45) is 5.10 Å². The number of hydrogen-bond donors (Lipinski definition) is 2. The standard InChI is InChI=1S/C21H19N3O6/c25-18-7-5-14(24(27)28)9-13(18)11-22-23-21(26)12-29-15-6-8-20-17(10-15)16-3-1-2-4-19(16)30-20/h5-11,25H,1-4,12H2,(H,23,26)/b22-11-. The van der Waals surface area contributed by atoms with Gasteiger partial charge in [-0.25, -0.2) is 5.43 Å². The number of phenolic OH excluding ortho intramolecular Hbond substituents is 1. The molecule has 0 fully saturated rings. The molecule has 0 saturated carbocycles. The molecule has 1 amide bonds. The van der Waals surface area contributed by atoms with Gasteiger partial charge in [0.1, 0.15) is 22.8 Å². The number of carbonyl (C=O) groups excluding carboxylic acids is 1. The number of phenols is 1. The lowest BCUT2D eigenvalue weighted by atomic mass is 9.96. The van der Waals surface area contributed by atoms with Gasteiger partial charge in [-0.1, -0.05) is 0 Å². The summed E-state index contributed by atoms with van der Waals surface area (Å²) in [5, 5.41) is 25.3. The zero-order valence-corrected chi connectivity index (χ0v) is 16.0. The van der Waals surface area contributed by atoms with E-state index in [1.807, 2.05) is 12.1 Å². The summed E-state index contributed by atoms with van der Waals surface area (Å²) in [6, 6.07) is 8.98. The number of furan rings is 1. The molecule has 9 heteroatoms. The largest absolute Gasteiger partial charge is 0.507 e. The molecule has 0 saturated heterocycles. The smallest absolute Gasteiger partial charge is 0.277 e. The number of nitro benzene ring substituents is 1. The highest BCUT2D eigenvalue weighted by Gasteiger charge is 2.18. The van der Waals surface area contributed by atoms with Crippen molar-refractivity contribution in [2.45, 2.75) is 25.7 Å². The van der Waals surface area contributed by atoms with Crippen LogP contribution in [0.1, 0.15) is 29.7 Å². The van der Waals surface area contributed by atoms with Gasteiger partial charge in [-0.05, 0) is 43.5 Å². The van der Waals surface area contributed by atoms with E-state index < -0.39 is 10.8 Å². The van der Waals surface area contributed by atoms with Crippen LogP contribution in [0.4, 0.5) is 5.69 Å². The Bertz CT molecular complexity index is 1150. The van der Waals surface area contributed by atoms with Crippen molar-refractivity contribution in [3.63, 3.8) is 0 Å². The van der Waals surface area contributed by atoms with E-state index in [1.165, 1.54) is 17.7 Å². The number of aromatic hydroxyl groups is 1. The lowest BCUT2D eigenvalue weighted by Gasteiger charge is -2.09. The van der Waals surface area contributed by atoms with Gasteiger partial charge in [0.25, 0.3) is 11.6 Å². The second-order valence-corrected chi connectivity index (χ2v) is 6.95. The van der Waals surface area contributed by atoms with Crippen LogP contribution in [0.25, 0.3) is 11.0 Å². The van der Waals surface area contributed by atoms with E-state index in [0.717, 1.165) is 54.7 Å². The Morgan fingerprint density at radius 3 is 2.93 bits per heavy atom. The van der Waals surface area contributed by atoms with Gasteiger partial charge < -0.3 is 14.3 Å². The molecule has 2 aromatic carbocycles. The Morgan fingerprint density at radius 1 is 1.27 bits per heavy atom. The number of nitrogens with one attached hydrogen (secondary N) is 1. The van der Waals surface area contributed by atoms with Crippen LogP contribution in [-0.2, 0) is 17.6 Å². The summed E-state index contributed by atoms with van der Waals surface area (Å²) in [5.74, 6) is 0.883. The van der Waals surface area contributed by atoms with Gasteiger partial charge in [0.05, 0.1) is 11.1 Å². The van der Waals surface area contributed by atoms with Crippen LogP contribution in [0.3, 0.4) is 0 Å². The van der Waals surface area contributed by atoms with Gasteiger partial charge in [0.2, 0.25) is 0 Å². The first-order valence-electron chi connectivity index (χ1n) is 9.47. The molecule has 1 aromatic heterocycles. The van der Waals surface area contributed by atoms with Crippen molar-refractivity contribution >= 4 is 28.8 Å². The Hall–Kier alpha value is -3.88. The van der Waals surface area contributed by atoms with Crippen LogP contribution in [0.15, 0.2) is 45.9 Å². The molecule has 1 aliphatic rings. The first kappa shape index (κ1) is 19.4. The topological polar surface area (TPSA) is 127 Å². The molecular formula is C21H19N3O6. The fraction of sp³-hybridized carbons (Fsp3) is 0.238. The maximum atomic E-state index is 12.0. The summed E-state index contributed by atoms with van der Waals surface area (Å²) in [7, 11) is 0. The van der Waals surface area contributed by atoms with E-state index in [1.54, 1.807) is 6.07 Å². The molecule has 0 aliphatic heterocycles. The minimum atomic E-state index is -0.586. The third-order valence-electron chi connectivity index (χ3n) is 4.91. The molecule has 3 aromatic rings. The summed E-state index contributed by atoms with van der Waals surface area (Å²) >= 11 is 0. The van der Waals surface area contributed by atoms with Crippen molar-refractivity contribution in [1.29, 1.82) is 0 Å². The quantitative estimate of drug-likeness (QED) is 0.365. The number of amides is 1. The number of non-ortho nitro benzene ring substituents is 1. The Balaban J connectivity index is 1.36. The summed E-state index contributed by atoms with van der Waals surface area (Å²) in [6.45, 7) is -0.260. The average molecular weight is 409 g/mol. The molecule has 0 radical (unpaired) electrons. The fourth-order valence-corrected chi connectivity index (χ4v) is 3.45. The number of aryl methyl sites for hydroxylation is 2. The maximum Gasteiger partial charge on any atom is 0.277 e. The van der Waals surface area contributed by atoms with E-state index in [2.05, 4.69) is 10.5 Å². The second kappa shape index (κ2) is 8.24. The van der Waals surface area contributed by atoms with Gasteiger partial charge in [0.15, 0.2) is 6.61 Å². The highest BCUT2D eigenvalue weighted by molar-refractivity contribution is 5.86. The molecule has 0 atom stereocenters. The number of rotatable bonds is 6. The number of fused-ring (bicyclic) bond motifs is 3. The predicted molar refractivity (Wildman–Crippen MR) is 109 cm³/mol. The third kappa shape index (κ3) is 4.09. The van der Waals surface area contributed by atoms with Crippen LogP contribution in [0.5, 0.6) is 11.5 Å². The number of hydrazone groups is 1. The molecule has 154 valence electrons. The van der Waals surface area contributed by atoms with E-state index in [4.69, 9.17) is 9.15 Å². The van der Waals surface area contributed by atoms with Crippen LogP contribution in [0.2, 0.25) is 0 Å². The Labute approximate surface area is 171 Å². The second-order valence-electron chi connectivity index (χ2n) is 6.95. The number of hydrogen-bond acceptors (Lipinski definition) is 7. The fourth-order valence-electron chi connectivity index (χ4n) is 3.45. The summed E-state index contributed by atoms with van der Waals surface area (Å²) < 4.78 is 11.4. The van der Waals surface area contributed by atoms with Crippen molar-refractivity contribution in [2.75, 3.05) is 6.61 Å². The number of carbonyl (C=O) groups is 1. The molecule has 1 aliphatic carbocycles. The number of ether oxygens (including phenoxy) is 1. The summed E-state index contributed by atoms with van der Waals surface area (Å²) in [4.78, 5) is 22.2. The van der Waals surface area contributed by atoms with E-state index in [9.17, 15) is 20.0 Å². The van der Waals surface area contributed by atoms with Gasteiger partial charge in [-0.15, -0.1) is 0 Å². The van der Waals surface area contributed by atoms with E-state index in [0.29, 0.717) is 5.75 Å². The van der Waals surface area contributed by atoms with Gasteiger partial charge in [0, 0.05) is 35.1 Å². The maximum absolute atomic E-state index is 12.0. The minimum absolute atomic E-state index is 0.112. The normalized spacial score (nSPS) is 13.3. The van der Waals surface area contributed by atoms with Crippen molar-refractivity contribution in [3.8, 4) is 11.5 Å². The first-order chi connectivity index (χ1) is 14.5. The van der Waals surface area contributed by atoms with Crippen LogP contribution in [-0.4, -0.2) is 28.8 Å². The zero-order chi connectivity index (χ0) is 21.1. The summed E-state index contributed by atoms with van der Waals surface area (Å²) in [5.41, 5.74) is 4.22. The van der Waals surface area contributed by atoms with Gasteiger partial charge in [-0.3, -0.25) is 14.9 Å². The lowest BCUT2D eigenvalue weighted by molar-refractivity contribution is -0.384. The number of nitro groups is 1. The van der Waals surface area contributed by atoms with Crippen molar-refractivity contribution < 1.29 is 24.0 Å². The predicted octanol–water partition coefficient (Wildman–Crippen LogP) is 3.45. The molecule has 1 heterocycles. The lowest BCUT2D eigenvalue weighted by Crippen LogP contribution is -2.24. The summed E-state index contributed by atoms with van der Waals surface area (Å²) in [6.07, 6.45) is 5.31. The van der Waals surface area contributed by atoms with Gasteiger partial charge >= 0.3 is 0 Å². The number of benzene rings is 2. The van der Waals surface area contributed by atoms with E-state index >= 15 is 0 Å². The Morgan fingerprint density at radius 2 is 2.10 bits per heavy atom. The zero-order valence-electron chi connectivity index (χ0n) is 16.0. The van der Waals surface area contributed by atoms with Gasteiger partial charge in [-0.2, -0.15) is 5.10 Å². The average Bonchev–Trinajstić information content (AvgIpc) is 3.11. The number of nitrogens with zero attached hydrogens (tertiary/aromatic N) is 2. The highest BCUT2D eigenvalue weighted by Crippen LogP contribution is 2.33. The molecule has 0 bridgehead atoms. The van der Waals surface area contributed by atoms with Crippen LogP contribution in [0, 0.1) is 10.1 Å². The Kier molecular flexibility index (Phi) is 5.34. The van der Waals surface area contributed by atoms with E-state index in [-0.39, 0.29) is 23.6 Å². The molecule has 9 nitrogen and oxygen atoms in total. The highest BCUT2D eigenvalue weighted by atomic mass is 16.6. The molecule has 2 N–H and O–H groups in total. The minimum Gasteiger partial charge on any atom is -0.507 e. The molecular weight excluding hydrogens is 390 g/mol. The van der Waals surface area contributed by atoms with Crippen molar-refractivity contribution in [1.82, 2.24) is 5.43 Å². The molecule has 30 heavy (non-hydrogen) atoms. The SMILES string of the molecule is O=C(COc1ccc2oc3c(c2c1)CCCC3)N/N=C\c1cc([N+](=O)[O-])ccc1O. The monoisotopic (exact) mass is 409 g/mol. The van der Waals surface area contributed by atoms with Crippen molar-refractivity contribution in [3.05, 3.63) is 63.4 Å². The molecule has 4 rings (SSSR count). The first-order valence-corrected chi connectivity index (χ1v) is 9.47. The van der Waals surface area contributed by atoms with Crippen LogP contribution >= 0.6 is 0 Å². The molecule has 0 unspecified atom stereocenters.